The summed E-state index contributed by atoms with van der Waals surface area (Å²) in [5.74, 6) is -0.231. The van der Waals surface area contributed by atoms with Crippen LogP contribution in [0.15, 0.2) is 67.5 Å². The average Bonchev–Trinajstić information content (AvgIpc) is 2.82. The third kappa shape index (κ3) is 6.29. The van der Waals surface area contributed by atoms with Gasteiger partial charge >= 0.3 is 0 Å². The molecular weight excluding hydrogens is 412 g/mol. The average molecular weight is 449 g/mol. The molecule has 33 heavy (non-hydrogen) atoms. The van der Waals surface area contributed by atoms with Crippen molar-refractivity contribution in [3.63, 3.8) is 0 Å². The van der Waals surface area contributed by atoms with Gasteiger partial charge in [0.05, 0.1) is 0 Å². The molecule has 3 rings (SSSR count). The zero-order valence-corrected chi connectivity index (χ0v) is 20.1. The predicted molar refractivity (Wildman–Crippen MR) is 132 cm³/mol. The number of aromatic nitrogens is 1. The Morgan fingerprint density at radius 2 is 1.76 bits per heavy atom. The lowest BCUT2D eigenvalue weighted by molar-refractivity contribution is -0.136. The number of benzene rings is 1. The van der Waals surface area contributed by atoms with Gasteiger partial charge in [-0.25, -0.2) is 0 Å². The van der Waals surface area contributed by atoms with E-state index >= 15 is 0 Å². The van der Waals surface area contributed by atoms with E-state index < -0.39 is 5.54 Å². The van der Waals surface area contributed by atoms with Gasteiger partial charge in [-0.3, -0.25) is 19.5 Å². The summed E-state index contributed by atoms with van der Waals surface area (Å²) in [5, 5.41) is 3.00. The topological polar surface area (TPSA) is 65.5 Å². The van der Waals surface area contributed by atoms with Crippen LogP contribution >= 0.6 is 0 Å². The molecule has 1 aliphatic heterocycles. The molecule has 2 heterocycles. The number of amides is 2. The Labute approximate surface area is 197 Å². The normalized spacial score (nSPS) is 16.1. The summed E-state index contributed by atoms with van der Waals surface area (Å²) < 4.78 is 0. The monoisotopic (exact) mass is 448 g/mol. The molecule has 0 unspecified atom stereocenters. The van der Waals surface area contributed by atoms with E-state index in [-0.39, 0.29) is 17.2 Å². The first-order chi connectivity index (χ1) is 15.7. The molecule has 0 bridgehead atoms. The van der Waals surface area contributed by atoms with Crippen molar-refractivity contribution in [1.29, 1.82) is 0 Å². The van der Waals surface area contributed by atoms with Crippen molar-refractivity contribution in [2.45, 2.75) is 45.7 Å². The zero-order valence-electron chi connectivity index (χ0n) is 20.1. The highest BCUT2D eigenvalue weighted by Gasteiger charge is 2.49. The molecule has 0 radical (unpaired) electrons. The number of carbonyl (C=O) groups excluding carboxylic acids is 2. The lowest BCUT2D eigenvalue weighted by Crippen LogP contribution is -2.65. The van der Waals surface area contributed by atoms with Crippen LogP contribution in [-0.4, -0.2) is 58.3 Å². The van der Waals surface area contributed by atoms with Gasteiger partial charge in [0.1, 0.15) is 5.54 Å². The first kappa shape index (κ1) is 24.6. The van der Waals surface area contributed by atoms with Crippen molar-refractivity contribution in [3.8, 4) is 0 Å². The highest BCUT2D eigenvalue weighted by Crippen LogP contribution is 2.34. The quantitative estimate of drug-likeness (QED) is 0.622. The third-order valence-electron chi connectivity index (χ3n) is 6.08. The van der Waals surface area contributed by atoms with Crippen molar-refractivity contribution >= 4 is 11.8 Å². The lowest BCUT2D eigenvalue weighted by atomic mass is 9.81. The second kappa shape index (κ2) is 10.8. The van der Waals surface area contributed by atoms with Crippen LogP contribution in [0.25, 0.3) is 0 Å². The Bertz CT molecular complexity index is 930. The summed E-state index contributed by atoms with van der Waals surface area (Å²) >= 11 is 0. The molecule has 0 aliphatic carbocycles. The Hall–Kier alpha value is -2.99. The minimum absolute atomic E-state index is 0.103. The van der Waals surface area contributed by atoms with Gasteiger partial charge < -0.3 is 10.2 Å². The molecule has 6 heteroatoms. The van der Waals surface area contributed by atoms with Crippen LogP contribution < -0.4 is 5.32 Å². The Balaban J connectivity index is 1.91. The lowest BCUT2D eigenvalue weighted by Gasteiger charge is -2.49. The van der Waals surface area contributed by atoms with Crippen molar-refractivity contribution < 1.29 is 9.59 Å². The van der Waals surface area contributed by atoms with Crippen LogP contribution in [0.4, 0.5) is 0 Å². The molecule has 1 aromatic carbocycles. The predicted octanol–water partition coefficient (Wildman–Crippen LogP) is 3.91. The van der Waals surface area contributed by atoms with Crippen LogP contribution in [0.1, 0.15) is 49.5 Å². The highest BCUT2D eigenvalue weighted by atomic mass is 16.2. The summed E-state index contributed by atoms with van der Waals surface area (Å²) in [5.41, 5.74) is 0.719. The standard InChI is InChI=1S/C27H36N4O2/c1-5-15-29-25(33)27(13-18-30(19-14-27)20-22-9-7-6-8-10-22)31(21-26(2,3)4)24(32)23-11-16-28-17-12-23/h5-12,16-17H,1,13-15,18-21H2,2-4H3,(H,29,33). The van der Waals surface area contributed by atoms with Gasteiger partial charge in [0.25, 0.3) is 5.91 Å². The van der Waals surface area contributed by atoms with Gasteiger partial charge in [-0.2, -0.15) is 0 Å². The van der Waals surface area contributed by atoms with Gasteiger partial charge in [-0.1, -0.05) is 57.2 Å². The number of piperidine rings is 1. The molecule has 176 valence electrons. The Morgan fingerprint density at radius 1 is 1.12 bits per heavy atom. The van der Waals surface area contributed by atoms with Gasteiger partial charge in [0.15, 0.2) is 0 Å². The largest absolute Gasteiger partial charge is 0.351 e. The number of rotatable bonds is 8. The van der Waals surface area contributed by atoms with Crippen molar-refractivity contribution in [3.05, 3.63) is 78.6 Å². The molecular formula is C27H36N4O2. The van der Waals surface area contributed by atoms with Gasteiger partial charge in [0.2, 0.25) is 5.91 Å². The Morgan fingerprint density at radius 3 is 2.33 bits per heavy atom. The SMILES string of the molecule is C=CCNC(=O)C1(N(CC(C)(C)C)C(=O)c2ccncc2)CCN(Cc2ccccc2)CC1. The molecule has 1 fully saturated rings. The van der Waals surface area contributed by atoms with Gasteiger partial charge in [0, 0.05) is 50.7 Å². The van der Waals surface area contributed by atoms with Crippen LogP contribution in [0.3, 0.4) is 0 Å². The smallest absolute Gasteiger partial charge is 0.254 e. The van der Waals surface area contributed by atoms with E-state index in [9.17, 15) is 9.59 Å². The summed E-state index contributed by atoms with van der Waals surface area (Å²) in [7, 11) is 0. The molecule has 2 aromatic rings. The summed E-state index contributed by atoms with van der Waals surface area (Å²) in [6.07, 6.45) is 6.07. The second-order valence-electron chi connectivity index (χ2n) is 9.98. The van der Waals surface area contributed by atoms with Crippen molar-refractivity contribution in [2.24, 2.45) is 5.41 Å². The minimum Gasteiger partial charge on any atom is -0.351 e. The number of nitrogens with one attached hydrogen (secondary N) is 1. The number of hydrogen-bond donors (Lipinski definition) is 1. The summed E-state index contributed by atoms with van der Waals surface area (Å²) in [4.78, 5) is 35.6. The maximum Gasteiger partial charge on any atom is 0.254 e. The van der Waals surface area contributed by atoms with E-state index in [2.05, 4.69) is 54.7 Å². The van der Waals surface area contributed by atoms with Crippen molar-refractivity contribution in [2.75, 3.05) is 26.2 Å². The fourth-order valence-corrected chi connectivity index (χ4v) is 4.41. The van der Waals surface area contributed by atoms with E-state index in [0.29, 0.717) is 31.5 Å². The third-order valence-corrected chi connectivity index (χ3v) is 6.08. The number of hydrogen-bond acceptors (Lipinski definition) is 4. The van der Waals surface area contributed by atoms with Gasteiger partial charge in [-0.15, -0.1) is 6.58 Å². The molecule has 0 spiro atoms. The maximum absolute atomic E-state index is 13.8. The molecule has 1 N–H and O–H groups in total. The van der Waals surface area contributed by atoms with E-state index in [1.54, 1.807) is 30.6 Å². The molecule has 0 saturated carbocycles. The highest BCUT2D eigenvalue weighted by molar-refractivity contribution is 5.99. The van der Waals surface area contributed by atoms with Crippen LogP contribution in [-0.2, 0) is 11.3 Å². The molecule has 1 saturated heterocycles. The molecule has 6 nitrogen and oxygen atoms in total. The van der Waals surface area contributed by atoms with E-state index in [0.717, 1.165) is 19.6 Å². The van der Waals surface area contributed by atoms with Crippen molar-refractivity contribution in [1.82, 2.24) is 20.1 Å². The molecule has 0 atom stereocenters. The van der Waals surface area contributed by atoms with Crippen LogP contribution in [0.2, 0.25) is 0 Å². The van der Waals surface area contributed by atoms with E-state index in [4.69, 9.17) is 0 Å². The summed E-state index contributed by atoms with van der Waals surface area (Å²) in [6, 6.07) is 13.8. The van der Waals surface area contributed by atoms with Gasteiger partial charge in [-0.05, 0) is 36.0 Å². The fourth-order valence-electron chi connectivity index (χ4n) is 4.41. The minimum atomic E-state index is -0.913. The number of likely N-dealkylation sites (tertiary alicyclic amines) is 1. The fraction of sp³-hybridized carbons (Fsp3) is 0.444. The zero-order chi connectivity index (χ0) is 23.9. The van der Waals surface area contributed by atoms with Crippen LogP contribution in [0.5, 0.6) is 0 Å². The van der Waals surface area contributed by atoms with Crippen LogP contribution in [0, 0.1) is 5.41 Å². The van der Waals surface area contributed by atoms with E-state index in [1.807, 2.05) is 23.1 Å². The first-order valence-corrected chi connectivity index (χ1v) is 11.6. The number of pyridine rings is 1. The first-order valence-electron chi connectivity index (χ1n) is 11.6. The molecule has 1 aromatic heterocycles. The Kier molecular flexibility index (Phi) is 8.03. The number of nitrogens with zero attached hydrogens (tertiary/aromatic N) is 3. The number of carbonyl (C=O) groups is 2. The second-order valence-corrected chi connectivity index (χ2v) is 9.98. The summed E-state index contributed by atoms with van der Waals surface area (Å²) in [6.45, 7) is 13.2. The molecule has 2 amide bonds. The van der Waals surface area contributed by atoms with E-state index in [1.165, 1.54) is 5.56 Å². The molecule has 1 aliphatic rings. The maximum atomic E-state index is 13.8.